The van der Waals surface area contributed by atoms with E-state index in [1.807, 2.05) is 6.07 Å². The molecule has 0 atom stereocenters. The molecule has 1 fully saturated rings. The molecule has 104 valence electrons. The Bertz CT molecular complexity index is 609. The summed E-state index contributed by atoms with van der Waals surface area (Å²) in [4.78, 5) is 36.1. The monoisotopic (exact) mass is 291 g/mol. The van der Waals surface area contributed by atoms with Gasteiger partial charge in [0.25, 0.3) is 11.1 Å². The molecule has 0 bridgehead atoms. The first kappa shape index (κ1) is 14.3. The molecule has 0 saturated carbocycles. The maximum absolute atomic E-state index is 12.0. The summed E-state index contributed by atoms with van der Waals surface area (Å²) < 4.78 is 5.10. The van der Waals surface area contributed by atoms with E-state index in [-0.39, 0.29) is 12.3 Å². The molecule has 0 aliphatic carbocycles. The number of amides is 2. The van der Waals surface area contributed by atoms with Gasteiger partial charge in [0.15, 0.2) is 0 Å². The lowest BCUT2D eigenvalue weighted by Crippen LogP contribution is -2.32. The van der Waals surface area contributed by atoms with Gasteiger partial charge in [0.2, 0.25) is 0 Å². The minimum atomic E-state index is -0.432. The molecule has 2 rings (SSSR count). The molecule has 0 radical (unpaired) electrons. The number of ether oxygens (including phenoxy) is 1. The Labute approximate surface area is 120 Å². The minimum absolute atomic E-state index is 0.180. The third-order valence-electron chi connectivity index (χ3n) is 2.65. The number of thioether (sulfide) groups is 1. The Morgan fingerprint density at radius 2 is 2.15 bits per heavy atom. The Kier molecular flexibility index (Phi) is 4.24. The van der Waals surface area contributed by atoms with Crippen LogP contribution in [0.5, 0.6) is 5.75 Å². The maximum Gasteiger partial charge on any atom is 0.293 e. The molecule has 0 spiro atoms. The van der Waals surface area contributed by atoms with Crippen LogP contribution in [-0.4, -0.2) is 35.5 Å². The standard InChI is InChI=1S/C14H13NO4S/c1-9(16)8-15-13(17)12(20-14(15)18)7-10-4-3-5-11(6-10)19-2/h3-7H,8H2,1-2H3/b12-7-. The maximum atomic E-state index is 12.0. The third kappa shape index (κ3) is 3.08. The quantitative estimate of drug-likeness (QED) is 0.797. The molecule has 0 unspecified atom stereocenters. The molecule has 1 heterocycles. The van der Waals surface area contributed by atoms with Crippen molar-refractivity contribution in [3.05, 3.63) is 34.7 Å². The van der Waals surface area contributed by atoms with Crippen LogP contribution in [0.3, 0.4) is 0 Å². The largest absolute Gasteiger partial charge is 0.497 e. The lowest BCUT2D eigenvalue weighted by molar-refractivity contribution is -0.127. The number of hydrogen-bond donors (Lipinski definition) is 0. The molecular weight excluding hydrogens is 278 g/mol. The van der Waals surface area contributed by atoms with E-state index < -0.39 is 11.1 Å². The van der Waals surface area contributed by atoms with Crippen molar-refractivity contribution >= 4 is 34.8 Å². The first-order valence-corrected chi connectivity index (χ1v) is 6.72. The van der Waals surface area contributed by atoms with Crippen LogP contribution in [0, 0.1) is 0 Å². The molecule has 0 aromatic heterocycles. The van der Waals surface area contributed by atoms with Gasteiger partial charge in [-0.3, -0.25) is 19.3 Å². The van der Waals surface area contributed by atoms with Gasteiger partial charge in [0.1, 0.15) is 11.5 Å². The number of Topliss-reactive ketones (excluding diaryl/α,β-unsaturated/α-hetero) is 1. The molecule has 0 N–H and O–H groups in total. The summed E-state index contributed by atoms with van der Waals surface area (Å²) in [6.07, 6.45) is 1.62. The average molecular weight is 291 g/mol. The number of imide groups is 1. The van der Waals surface area contributed by atoms with Crippen molar-refractivity contribution in [2.75, 3.05) is 13.7 Å². The van der Waals surface area contributed by atoms with Gasteiger partial charge in [0, 0.05) is 0 Å². The van der Waals surface area contributed by atoms with Crippen LogP contribution in [0.4, 0.5) is 4.79 Å². The molecule has 1 aromatic carbocycles. The SMILES string of the molecule is COc1cccc(/C=C2\SC(=O)N(CC(C)=O)C2=O)c1. The van der Waals surface area contributed by atoms with Crippen molar-refractivity contribution in [1.29, 1.82) is 0 Å². The van der Waals surface area contributed by atoms with E-state index >= 15 is 0 Å². The first-order chi connectivity index (χ1) is 9.51. The molecule has 1 saturated heterocycles. The van der Waals surface area contributed by atoms with E-state index in [0.717, 1.165) is 22.2 Å². The predicted octanol–water partition coefficient (Wildman–Crippen LogP) is 2.32. The van der Waals surface area contributed by atoms with E-state index in [1.165, 1.54) is 6.92 Å². The number of hydrogen-bond acceptors (Lipinski definition) is 5. The molecule has 5 nitrogen and oxygen atoms in total. The number of benzene rings is 1. The second-order valence-corrected chi connectivity index (χ2v) is 5.24. The molecular formula is C14H13NO4S. The lowest BCUT2D eigenvalue weighted by Gasteiger charge is -2.08. The predicted molar refractivity (Wildman–Crippen MR) is 76.4 cm³/mol. The molecule has 6 heteroatoms. The summed E-state index contributed by atoms with van der Waals surface area (Å²) in [5.74, 6) is 0.00895. The smallest absolute Gasteiger partial charge is 0.293 e. The molecule has 1 aliphatic rings. The third-order valence-corrected chi connectivity index (χ3v) is 3.55. The number of ketones is 1. The number of carbonyl (C=O) groups is 3. The molecule has 1 aromatic rings. The first-order valence-electron chi connectivity index (χ1n) is 5.90. The number of carbonyl (C=O) groups excluding carboxylic acids is 3. The van der Waals surface area contributed by atoms with Gasteiger partial charge in [-0.15, -0.1) is 0 Å². The second-order valence-electron chi connectivity index (χ2n) is 4.25. The van der Waals surface area contributed by atoms with Crippen LogP contribution in [0.2, 0.25) is 0 Å². The van der Waals surface area contributed by atoms with Crippen molar-refractivity contribution < 1.29 is 19.1 Å². The van der Waals surface area contributed by atoms with Gasteiger partial charge < -0.3 is 4.74 Å². The van der Waals surface area contributed by atoms with Crippen LogP contribution in [0.1, 0.15) is 12.5 Å². The molecule has 1 aliphatic heterocycles. The Morgan fingerprint density at radius 1 is 1.40 bits per heavy atom. The van der Waals surface area contributed by atoms with Gasteiger partial charge in [-0.1, -0.05) is 12.1 Å². The van der Waals surface area contributed by atoms with E-state index in [0.29, 0.717) is 10.7 Å². The zero-order valence-corrected chi connectivity index (χ0v) is 11.9. The summed E-state index contributed by atoms with van der Waals surface area (Å²) in [5, 5.41) is -0.417. The number of rotatable bonds is 4. The van der Waals surface area contributed by atoms with Crippen molar-refractivity contribution in [1.82, 2.24) is 4.90 Å². The summed E-state index contributed by atoms with van der Waals surface area (Å²) in [6.45, 7) is 1.16. The Balaban J connectivity index is 2.25. The van der Waals surface area contributed by atoms with E-state index in [9.17, 15) is 14.4 Å². The molecule has 20 heavy (non-hydrogen) atoms. The van der Waals surface area contributed by atoms with Gasteiger partial charge in [-0.2, -0.15) is 0 Å². The van der Waals surface area contributed by atoms with Crippen molar-refractivity contribution in [3.63, 3.8) is 0 Å². The summed E-state index contributed by atoms with van der Waals surface area (Å²) >= 11 is 0.838. The van der Waals surface area contributed by atoms with Gasteiger partial charge >= 0.3 is 0 Å². The molecule has 2 amide bonds. The lowest BCUT2D eigenvalue weighted by atomic mass is 10.2. The van der Waals surface area contributed by atoms with E-state index in [2.05, 4.69) is 0 Å². The zero-order valence-electron chi connectivity index (χ0n) is 11.1. The van der Waals surface area contributed by atoms with Crippen LogP contribution in [0.15, 0.2) is 29.2 Å². The van der Waals surface area contributed by atoms with Crippen LogP contribution < -0.4 is 4.74 Å². The highest BCUT2D eigenvalue weighted by atomic mass is 32.2. The van der Waals surface area contributed by atoms with E-state index in [1.54, 1.807) is 31.4 Å². The summed E-state index contributed by atoms with van der Waals surface area (Å²) in [5.41, 5.74) is 0.762. The Morgan fingerprint density at radius 3 is 2.80 bits per heavy atom. The number of nitrogens with zero attached hydrogens (tertiary/aromatic N) is 1. The fourth-order valence-electron chi connectivity index (χ4n) is 1.74. The minimum Gasteiger partial charge on any atom is -0.497 e. The average Bonchev–Trinajstić information content (AvgIpc) is 2.66. The van der Waals surface area contributed by atoms with Gasteiger partial charge in [0.05, 0.1) is 18.6 Å². The van der Waals surface area contributed by atoms with E-state index in [4.69, 9.17) is 4.74 Å². The van der Waals surface area contributed by atoms with Crippen LogP contribution >= 0.6 is 11.8 Å². The highest BCUT2D eigenvalue weighted by Gasteiger charge is 2.35. The fraction of sp³-hybridized carbons (Fsp3) is 0.214. The van der Waals surface area contributed by atoms with Crippen molar-refractivity contribution in [3.8, 4) is 5.75 Å². The van der Waals surface area contributed by atoms with Gasteiger partial charge in [-0.05, 0) is 42.5 Å². The summed E-state index contributed by atoms with van der Waals surface area (Å²) in [6, 6.07) is 7.16. The van der Waals surface area contributed by atoms with Crippen molar-refractivity contribution in [2.24, 2.45) is 0 Å². The normalized spacial score (nSPS) is 16.9. The van der Waals surface area contributed by atoms with Crippen LogP contribution in [0.25, 0.3) is 6.08 Å². The van der Waals surface area contributed by atoms with Gasteiger partial charge in [-0.25, -0.2) is 0 Å². The van der Waals surface area contributed by atoms with Crippen LogP contribution in [-0.2, 0) is 9.59 Å². The second kappa shape index (κ2) is 5.92. The topological polar surface area (TPSA) is 63.7 Å². The highest BCUT2D eigenvalue weighted by Crippen LogP contribution is 2.32. The fourth-order valence-corrected chi connectivity index (χ4v) is 2.58. The zero-order chi connectivity index (χ0) is 14.7. The van der Waals surface area contributed by atoms with Crippen molar-refractivity contribution in [2.45, 2.75) is 6.92 Å². The highest BCUT2D eigenvalue weighted by molar-refractivity contribution is 8.18. The Hall–Kier alpha value is -2.08. The number of methoxy groups -OCH3 is 1. The summed E-state index contributed by atoms with van der Waals surface area (Å²) in [7, 11) is 1.56.